The first-order chi connectivity index (χ1) is 32.6. The second-order valence-corrected chi connectivity index (χ2v) is 21.7. The number of rotatable bonds is 33. The molecule has 2 amide bonds. The number of hydrogen-bond acceptors (Lipinski definition) is 18. The molecule has 389 valence electrons. The number of phosphoric ester groups is 3. The summed E-state index contributed by atoms with van der Waals surface area (Å²) < 4.78 is 62.4. The molecular formula is C41H66LiN7O17P3S. The molecule has 3 heterocycles. The third-order valence-corrected chi connectivity index (χ3v) is 14.0. The van der Waals surface area contributed by atoms with E-state index in [9.17, 15) is 57.9 Å². The number of anilines is 1. The molecule has 0 aliphatic carbocycles. The quantitative estimate of drug-likeness (QED) is 0.0207. The summed E-state index contributed by atoms with van der Waals surface area (Å²) in [5.74, 6) is -1.09. The van der Waals surface area contributed by atoms with Crippen molar-refractivity contribution in [1.29, 1.82) is 0 Å². The number of hydrogen-bond donors (Lipinski definition) is 9. The molecule has 24 nitrogen and oxygen atoms in total. The molecule has 7 atom stereocenters. The van der Waals surface area contributed by atoms with Crippen molar-refractivity contribution in [1.82, 2.24) is 30.2 Å². The number of phosphoric acid groups is 3. The second kappa shape index (κ2) is 31.6. The van der Waals surface area contributed by atoms with Gasteiger partial charge in [0.05, 0.1) is 19.5 Å². The van der Waals surface area contributed by atoms with E-state index in [2.05, 4.69) is 90.0 Å². The van der Waals surface area contributed by atoms with Gasteiger partial charge in [-0.05, 0) is 44.9 Å². The van der Waals surface area contributed by atoms with Crippen molar-refractivity contribution >= 4 is 88.0 Å². The molecule has 0 spiro atoms. The standard InChI is InChI=1S/C41H66N7O17P3S.Li/c1-4-5-6-7-8-9-10-11-12-13-14-15-16-17-18-19-20-21-32(50)69-25-24-43-31(49)22-23-44-39(53)36(52)41(2,3)27-62-68(59,60)65-67(57,58)61-26-30-35(64-66(54,55)56)34(51)40(63-30)48-29-47-33-37(42)45-28-46-38(33)48;/h8-9,11-12,14-15,17-18,28-30,34-36,40,51-52H,4-7,10,13,16,19-27H2,1-3H3,(H,43,49)(H,44,53)(H,57,58)(H,59,60)(H2,42,45,46)(H2,54,55,56);/t30-,34-,35-,36?,40-;/m1./s1. The number of nitrogen functional groups attached to an aromatic ring is 1. The Balaban J connectivity index is 0.0000168. The predicted molar refractivity (Wildman–Crippen MR) is 261 cm³/mol. The van der Waals surface area contributed by atoms with Crippen LogP contribution in [0, 0.1) is 5.41 Å². The average molecular weight is 1060 g/mol. The van der Waals surface area contributed by atoms with Crippen LogP contribution in [-0.4, -0.2) is 142 Å². The Kier molecular flexibility index (Phi) is 28.6. The summed E-state index contributed by atoms with van der Waals surface area (Å²) in [7, 11) is -16.4. The van der Waals surface area contributed by atoms with Crippen molar-refractivity contribution in [2.45, 2.75) is 122 Å². The van der Waals surface area contributed by atoms with E-state index >= 15 is 0 Å². The number of imidazole rings is 1. The van der Waals surface area contributed by atoms with Crippen molar-refractivity contribution < 1.29 is 80.5 Å². The summed E-state index contributed by atoms with van der Waals surface area (Å²) in [6.45, 7) is 2.71. The number of carbonyl (C=O) groups is 3. The first kappa shape index (κ1) is 63.2. The average Bonchev–Trinajstić information content (AvgIpc) is 3.84. The Morgan fingerprint density at radius 2 is 1.50 bits per heavy atom. The van der Waals surface area contributed by atoms with Gasteiger partial charge in [0.1, 0.15) is 36.3 Å². The summed E-state index contributed by atoms with van der Waals surface area (Å²) in [6.07, 6.45) is 19.7. The summed E-state index contributed by atoms with van der Waals surface area (Å²) in [6, 6.07) is 0. The fourth-order valence-electron chi connectivity index (χ4n) is 6.29. The molecule has 2 aromatic rings. The molecule has 1 saturated heterocycles. The molecule has 2 aromatic heterocycles. The van der Waals surface area contributed by atoms with Gasteiger partial charge in [0.2, 0.25) is 11.8 Å². The number of thioether (sulfide) groups is 1. The third-order valence-electron chi connectivity index (χ3n) is 9.97. The smallest absolute Gasteiger partial charge is 0.386 e. The minimum Gasteiger partial charge on any atom is -0.386 e. The van der Waals surface area contributed by atoms with E-state index in [-0.39, 0.29) is 60.5 Å². The predicted octanol–water partition coefficient (Wildman–Crippen LogP) is 4.43. The zero-order valence-electron chi connectivity index (χ0n) is 39.8. The number of nitrogens with one attached hydrogen (secondary N) is 2. The van der Waals surface area contributed by atoms with Gasteiger partial charge in [-0.2, -0.15) is 4.31 Å². The third kappa shape index (κ3) is 23.8. The minimum atomic E-state index is -5.58. The molecule has 1 aliphatic heterocycles. The van der Waals surface area contributed by atoms with Crippen molar-refractivity contribution in [3.8, 4) is 0 Å². The first-order valence-corrected chi connectivity index (χ1v) is 27.7. The maximum atomic E-state index is 12.7. The Labute approximate surface area is 423 Å². The van der Waals surface area contributed by atoms with Crippen LogP contribution in [0.15, 0.2) is 61.3 Å². The molecule has 1 radical (unpaired) electrons. The van der Waals surface area contributed by atoms with E-state index in [1.165, 1.54) is 33.1 Å². The van der Waals surface area contributed by atoms with Crippen LogP contribution in [0.3, 0.4) is 0 Å². The number of unbranched alkanes of at least 4 members (excludes halogenated alkanes) is 4. The molecule has 70 heavy (non-hydrogen) atoms. The second-order valence-electron chi connectivity index (χ2n) is 16.3. The fraction of sp³-hybridized carbons (Fsp3) is 0.610. The van der Waals surface area contributed by atoms with E-state index in [4.69, 9.17) is 19.5 Å². The van der Waals surface area contributed by atoms with Gasteiger partial charge < -0.3 is 50.9 Å². The molecule has 1 fully saturated rings. The topological polar surface area (TPSA) is 364 Å². The van der Waals surface area contributed by atoms with E-state index < -0.39 is 84.6 Å². The molecule has 0 bridgehead atoms. The Bertz CT molecular complexity index is 2230. The normalized spacial score (nSPS) is 20.0. The van der Waals surface area contributed by atoms with E-state index in [1.54, 1.807) is 0 Å². The summed E-state index contributed by atoms with van der Waals surface area (Å²) >= 11 is 1.11. The number of aromatic nitrogens is 4. The van der Waals surface area contributed by atoms with Crippen LogP contribution in [0.2, 0.25) is 0 Å². The van der Waals surface area contributed by atoms with Crippen LogP contribution in [0.4, 0.5) is 5.82 Å². The summed E-state index contributed by atoms with van der Waals surface area (Å²) in [4.78, 5) is 88.3. The van der Waals surface area contributed by atoms with Crippen LogP contribution >= 0.6 is 35.2 Å². The van der Waals surface area contributed by atoms with Crippen LogP contribution < -0.4 is 16.4 Å². The van der Waals surface area contributed by atoms with Gasteiger partial charge in [-0.3, -0.25) is 32.5 Å². The van der Waals surface area contributed by atoms with Gasteiger partial charge >= 0.3 is 23.5 Å². The fourth-order valence-corrected chi connectivity index (χ4v) is 9.84. The van der Waals surface area contributed by atoms with Crippen molar-refractivity contribution in [3.63, 3.8) is 0 Å². The number of nitrogens with two attached hydrogens (primary N) is 1. The molecule has 3 unspecified atom stereocenters. The summed E-state index contributed by atoms with van der Waals surface area (Å²) in [5, 5.41) is 26.6. The van der Waals surface area contributed by atoms with Crippen LogP contribution in [-0.2, 0) is 50.7 Å². The van der Waals surface area contributed by atoms with Crippen molar-refractivity contribution in [3.05, 3.63) is 61.3 Å². The van der Waals surface area contributed by atoms with Crippen molar-refractivity contribution in [2.75, 3.05) is 37.8 Å². The molecule has 29 heteroatoms. The largest absolute Gasteiger partial charge is 0.481 e. The number of nitrogens with zero attached hydrogens (tertiary/aromatic N) is 4. The van der Waals surface area contributed by atoms with Gasteiger partial charge in [-0.25, -0.2) is 28.6 Å². The Morgan fingerprint density at radius 1 is 0.886 bits per heavy atom. The number of aliphatic hydroxyl groups excluding tert-OH is 2. The molecule has 3 rings (SSSR count). The number of aliphatic hydroxyl groups is 2. The van der Waals surface area contributed by atoms with Crippen LogP contribution in [0.5, 0.6) is 0 Å². The zero-order chi connectivity index (χ0) is 51.1. The number of fused-ring (bicyclic) bond motifs is 1. The van der Waals surface area contributed by atoms with Crippen LogP contribution in [0.25, 0.3) is 11.2 Å². The van der Waals surface area contributed by atoms with Crippen molar-refractivity contribution in [2.24, 2.45) is 5.41 Å². The van der Waals surface area contributed by atoms with Crippen LogP contribution in [0.1, 0.15) is 97.6 Å². The maximum absolute atomic E-state index is 12.7. The number of carbonyl (C=O) groups excluding carboxylic acids is 3. The van der Waals surface area contributed by atoms with Gasteiger partial charge in [-0.1, -0.05) is 94.0 Å². The van der Waals surface area contributed by atoms with E-state index in [0.29, 0.717) is 18.6 Å². The van der Waals surface area contributed by atoms with E-state index in [1.807, 2.05) is 0 Å². The van der Waals surface area contributed by atoms with Gasteiger partial charge in [0, 0.05) is 56.0 Å². The van der Waals surface area contributed by atoms with Gasteiger partial charge in [0.15, 0.2) is 22.8 Å². The van der Waals surface area contributed by atoms with Gasteiger partial charge in [-0.15, -0.1) is 0 Å². The zero-order valence-corrected chi connectivity index (χ0v) is 43.3. The molecule has 0 aromatic carbocycles. The Morgan fingerprint density at radius 3 is 2.13 bits per heavy atom. The number of allylic oxidation sites excluding steroid dienone is 8. The van der Waals surface area contributed by atoms with Gasteiger partial charge in [0.25, 0.3) is 0 Å². The number of amides is 2. The SMILES string of the molecule is CCCCCC=CCC=CCC=CCC=CCCCC(=O)SCCNC(=O)CCNC(=O)C(O)C(C)(C)COP(=O)(O)OP(=O)(O)OC[C@H]1O[C@@H](n2cnc3c(N)ncnc32)[C@H](O)[C@@H]1OP(=O)(O)O.[Li]. The molecule has 1 aliphatic rings. The number of ether oxygens (including phenoxy) is 1. The Hall–Kier alpha value is -2.88. The molecule has 10 N–H and O–H groups in total. The van der Waals surface area contributed by atoms with E-state index in [0.717, 1.165) is 61.1 Å². The molecule has 0 saturated carbocycles. The first-order valence-electron chi connectivity index (χ1n) is 22.2. The minimum absolute atomic E-state index is 0. The molecular weight excluding hydrogens is 994 g/mol. The summed E-state index contributed by atoms with van der Waals surface area (Å²) in [5.41, 5.74) is 4.27. The monoisotopic (exact) mass is 1060 g/mol. The maximum Gasteiger partial charge on any atom is 0.481 e.